The summed E-state index contributed by atoms with van der Waals surface area (Å²) in [5, 5.41) is 0.885. The molecule has 2 nitrogen and oxygen atoms in total. The maximum absolute atomic E-state index is 12.5. The molecular formula is C16H12Cl2O2. The number of carbonyl (C=O) groups is 1. The van der Waals surface area contributed by atoms with Gasteiger partial charge in [-0.05, 0) is 48.9 Å². The van der Waals surface area contributed by atoms with Crippen molar-refractivity contribution >= 4 is 29.0 Å². The van der Waals surface area contributed by atoms with Gasteiger partial charge in [0.1, 0.15) is 11.9 Å². The highest BCUT2D eigenvalue weighted by Crippen LogP contribution is 2.31. The lowest BCUT2D eigenvalue weighted by atomic mass is 10.00. The number of ketones is 1. The first-order valence-corrected chi connectivity index (χ1v) is 7.09. The van der Waals surface area contributed by atoms with E-state index in [1.54, 1.807) is 24.3 Å². The van der Waals surface area contributed by atoms with Crippen molar-refractivity contribution in [1.29, 1.82) is 0 Å². The lowest BCUT2D eigenvalue weighted by molar-refractivity contribution is 0.103. The van der Waals surface area contributed by atoms with Gasteiger partial charge in [-0.3, -0.25) is 4.79 Å². The van der Waals surface area contributed by atoms with Gasteiger partial charge in [0.05, 0.1) is 5.02 Å². The third kappa shape index (κ3) is 2.41. The third-order valence-electron chi connectivity index (χ3n) is 3.33. The molecule has 1 unspecified atom stereocenters. The lowest BCUT2D eigenvalue weighted by Crippen LogP contribution is -2.05. The van der Waals surface area contributed by atoms with E-state index in [0.717, 1.165) is 17.7 Å². The second-order valence-electron chi connectivity index (χ2n) is 4.91. The molecule has 0 aromatic heterocycles. The highest BCUT2D eigenvalue weighted by molar-refractivity contribution is 6.37. The summed E-state index contributed by atoms with van der Waals surface area (Å²) in [6.07, 6.45) is 0.986. The van der Waals surface area contributed by atoms with E-state index in [9.17, 15) is 4.79 Å². The van der Waals surface area contributed by atoms with Gasteiger partial charge < -0.3 is 4.74 Å². The number of carbonyl (C=O) groups excluding carboxylic acids is 1. The average Bonchev–Trinajstić information content (AvgIpc) is 2.77. The van der Waals surface area contributed by atoms with E-state index in [-0.39, 0.29) is 11.9 Å². The number of ether oxygens (including phenoxy) is 1. The predicted molar refractivity (Wildman–Crippen MR) is 80.1 cm³/mol. The molecule has 0 saturated carbocycles. The molecule has 0 fully saturated rings. The van der Waals surface area contributed by atoms with Gasteiger partial charge in [-0.25, -0.2) is 0 Å². The molecule has 0 N–H and O–H groups in total. The fraction of sp³-hybridized carbons (Fsp3) is 0.188. The van der Waals surface area contributed by atoms with Crippen molar-refractivity contribution in [2.45, 2.75) is 19.4 Å². The zero-order valence-electron chi connectivity index (χ0n) is 10.8. The van der Waals surface area contributed by atoms with Gasteiger partial charge >= 0.3 is 0 Å². The van der Waals surface area contributed by atoms with Gasteiger partial charge in [0.25, 0.3) is 0 Å². The van der Waals surface area contributed by atoms with Crippen LogP contribution in [0, 0.1) is 0 Å². The SMILES string of the molecule is CC1Cc2cc(C(=O)c3ccc(Cl)cc3Cl)ccc2O1. The van der Waals surface area contributed by atoms with E-state index in [0.29, 0.717) is 21.2 Å². The minimum absolute atomic E-state index is 0.103. The van der Waals surface area contributed by atoms with Crippen molar-refractivity contribution in [1.82, 2.24) is 0 Å². The number of benzene rings is 2. The quantitative estimate of drug-likeness (QED) is 0.761. The van der Waals surface area contributed by atoms with Crippen molar-refractivity contribution in [2.75, 3.05) is 0 Å². The third-order valence-corrected chi connectivity index (χ3v) is 3.88. The van der Waals surface area contributed by atoms with Gasteiger partial charge in [0.15, 0.2) is 5.78 Å². The standard InChI is InChI=1S/C16H12Cl2O2/c1-9-6-11-7-10(2-5-15(11)20-9)16(19)13-4-3-12(17)8-14(13)18/h2-5,7-9H,6H2,1H3. The number of hydrogen-bond donors (Lipinski definition) is 0. The Labute approximate surface area is 127 Å². The summed E-state index contributed by atoms with van der Waals surface area (Å²) in [5.41, 5.74) is 2.14. The molecule has 3 rings (SSSR count). The van der Waals surface area contributed by atoms with Crippen LogP contribution < -0.4 is 4.74 Å². The number of fused-ring (bicyclic) bond motifs is 1. The molecule has 0 spiro atoms. The van der Waals surface area contributed by atoms with Crippen LogP contribution in [0.5, 0.6) is 5.75 Å². The first-order valence-electron chi connectivity index (χ1n) is 6.34. The molecule has 2 aromatic carbocycles. The maximum Gasteiger partial charge on any atom is 0.194 e. The van der Waals surface area contributed by atoms with Gasteiger partial charge in [0.2, 0.25) is 0 Å². The molecule has 4 heteroatoms. The van der Waals surface area contributed by atoms with Crippen LogP contribution in [0.4, 0.5) is 0 Å². The van der Waals surface area contributed by atoms with Crippen LogP contribution >= 0.6 is 23.2 Å². The average molecular weight is 307 g/mol. The molecule has 0 aliphatic carbocycles. The minimum Gasteiger partial charge on any atom is -0.490 e. The van der Waals surface area contributed by atoms with E-state index in [1.165, 1.54) is 0 Å². The summed E-state index contributed by atoms with van der Waals surface area (Å²) >= 11 is 11.9. The van der Waals surface area contributed by atoms with E-state index in [4.69, 9.17) is 27.9 Å². The normalized spacial score (nSPS) is 16.6. The Balaban J connectivity index is 1.97. The monoisotopic (exact) mass is 306 g/mol. The fourth-order valence-corrected chi connectivity index (χ4v) is 2.89. The summed E-state index contributed by atoms with van der Waals surface area (Å²) in [6.45, 7) is 2.01. The Kier molecular flexibility index (Phi) is 3.45. The first kappa shape index (κ1) is 13.5. The molecule has 2 aromatic rings. The molecule has 1 heterocycles. The largest absolute Gasteiger partial charge is 0.490 e. The maximum atomic E-state index is 12.5. The van der Waals surface area contributed by atoms with Gasteiger partial charge in [-0.15, -0.1) is 0 Å². The van der Waals surface area contributed by atoms with Crippen LogP contribution in [0.25, 0.3) is 0 Å². The fourth-order valence-electron chi connectivity index (χ4n) is 2.39. The zero-order valence-corrected chi connectivity index (χ0v) is 12.3. The van der Waals surface area contributed by atoms with Crippen LogP contribution in [0.15, 0.2) is 36.4 Å². The molecule has 1 atom stereocenters. The molecule has 0 saturated heterocycles. The van der Waals surface area contributed by atoms with Crippen LogP contribution in [0.3, 0.4) is 0 Å². The Bertz CT molecular complexity index is 695. The summed E-state index contributed by atoms with van der Waals surface area (Å²) < 4.78 is 5.63. The molecule has 1 aliphatic rings. The van der Waals surface area contributed by atoms with E-state index >= 15 is 0 Å². The highest BCUT2D eigenvalue weighted by Gasteiger charge is 2.21. The number of rotatable bonds is 2. The molecular weight excluding hydrogens is 295 g/mol. The van der Waals surface area contributed by atoms with Crippen molar-refractivity contribution < 1.29 is 9.53 Å². The Hall–Kier alpha value is -1.51. The summed E-state index contributed by atoms with van der Waals surface area (Å²) in [6, 6.07) is 10.4. The summed E-state index contributed by atoms with van der Waals surface area (Å²) in [5.74, 6) is 0.755. The molecule has 0 radical (unpaired) electrons. The van der Waals surface area contributed by atoms with E-state index in [2.05, 4.69) is 0 Å². The molecule has 20 heavy (non-hydrogen) atoms. The van der Waals surface area contributed by atoms with Crippen molar-refractivity contribution in [3.8, 4) is 5.75 Å². The lowest BCUT2D eigenvalue weighted by Gasteiger charge is -2.06. The first-order chi connectivity index (χ1) is 9.54. The summed E-state index contributed by atoms with van der Waals surface area (Å²) in [4.78, 5) is 12.5. The molecule has 0 amide bonds. The Morgan fingerprint density at radius 3 is 2.75 bits per heavy atom. The van der Waals surface area contributed by atoms with Crippen LogP contribution in [-0.4, -0.2) is 11.9 Å². The highest BCUT2D eigenvalue weighted by atomic mass is 35.5. The van der Waals surface area contributed by atoms with E-state index in [1.807, 2.05) is 19.1 Å². The number of halogens is 2. The van der Waals surface area contributed by atoms with Crippen molar-refractivity contribution in [3.63, 3.8) is 0 Å². The summed E-state index contributed by atoms with van der Waals surface area (Å²) in [7, 11) is 0. The number of hydrogen-bond acceptors (Lipinski definition) is 2. The Morgan fingerprint density at radius 1 is 1.20 bits per heavy atom. The molecule has 0 bridgehead atoms. The van der Waals surface area contributed by atoms with Crippen LogP contribution in [0.2, 0.25) is 10.0 Å². The van der Waals surface area contributed by atoms with Crippen LogP contribution in [-0.2, 0) is 6.42 Å². The topological polar surface area (TPSA) is 26.3 Å². The molecule has 1 aliphatic heterocycles. The smallest absolute Gasteiger partial charge is 0.194 e. The zero-order chi connectivity index (χ0) is 14.3. The second-order valence-corrected chi connectivity index (χ2v) is 5.75. The van der Waals surface area contributed by atoms with Crippen molar-refractivity contribution in [3.05, 3.63) is 63.1 Å². The van der Waals surface area contributed by atoms with Gasteiger partial charge in [-0.1, -0.05) is 23.2 Å². The van der Waals surface area contributed by atoms with Crippen molar-refractivity contribution in [2.24, 2.45) is 0 Å². The minimum atomic E-state index is -0.103. The van der Waals surface area contributed by atoms with Crippen LogP contribution in [0.1, 0.15) is 28.4 Å². The molecule has 102 valence electrons. The second kappa shape index (κ2) is 5.12. The van der Waals surface area contributed by atoms with Gasteiger partial charge in [-0.2, -0.15) is 0 Å². The van der Waals surface area contributed by atoms with E-state index < -0.39 is 0 Å². The Morgan fingerprint density at radius 2 is 2.00 bits per heavy atom. The van der Waals surface area contributed by atoms with Gasteiger partial charge in [0, 0.05) is 22.6 Å². The predicted octanol–water partition coefficient (Wildman–Crippen LogP) is 4.55.